The number of nitrogens with one attached hydrogen (secondary N) is 1. The molecule has 4 nitrogen and oxygen atoms in total. The number of nitrogens with zero attached hydrogens (tertiary/aromatic N) is 2. The van der Waals surface area contributed by atoms with Gasteiger partial charge in [0.1, 0.15) is 6.04 Å². The predicted octanol–water partition coefficient (Wildman–Crippen LogP) is 4.81. The molecule has 2 aromatic rings. The molecule has 27 heavy (non-hydrogen) atoms. The van der Waals surface area contributed by atoms with E-state index in [1.54, 1.807) is 4.90 Å². The van der Waals surface area contributed by atoms with E-state index in [1.807, 2.05) is 14.0 Å². The highest BCUT2D eigenvalue weighted by Crippen LogP contribution is 2.43. The Morgan fingerprint density at radius 3 is 2.48 bits per heavy atom. The zero-order valence-electron chi connectivity index (χ0n) is 16.9. The van der Waals surface area contributed by atoms with Gasteiger partial charge in [-0.1, -0.05) is 23.8 Å². The van der Waals surface area contributed by atoms with Crippen molar-refractivity contribution in [3.63, 3.8) is 0 Å². The summed E-state index contributed by atoms with van der Waals surface area (Å²) in [5.41, 5.74) is 7.20. The van der Waals surface area contributed by atoms with Crippen molar-refractivity contribution in [2.24, 2.45) is 0 Å². The van der Waals surface area contributed by atoms with Gasteiger partial charge >= 0.3 is 0 Å². The second-order valence-corrected chi connectivity index (χ2v) is 8.14. The molecule has 1 heterocycles. The zero-order chi connectivity index (χ0) is 19.3. The number of amides is 1. The van der Waals surface area contributed by atoms with Crippen LogP contribution in [0, 0.1) is 13.8 Å². The Morgan fingerprint density at radius 2 is 1.81 bits per heavy atom. The van der Waals surface area contributed by atoms with Gasteiger partial charge in [0.2, 0.25) is 5.91 Å². The van der Waals surface area contributed by atoms with Gasteiger partial charge < -0.3 is 15.1 Å². The van der Waals surface area contributed by atoms with Gasteiger partial charge in [-0.05, 0) is 69.9 Å². The van der Waals surface area contributed by atoms with Gasteiger partial charge in [-0.25, -0.2) is 0 Å². The number of carbonyl (C=O) groups excluding carboxylic acids is 1. The fourth-order valence-electron chi connectivity index (χ4n) is 4.34. The molecule has 2 aliphatic rings. The third-order valence-electron chi connectivity index (χ3n) is 5.94. The molecule has 0 unspecified atom stereocenters. The minimum absolute atomic E-state index is 0.0954. The van der Waals surface area contributed by atoms with Gasteiger partial charge in [-0.3, -0.25) is 4.79 Å². The summed E-state index contributed by atoms with van der Waals surface area (Å²) in [7, 11) is 1.88. The molecule has 0 saturated heterocycles. The van der Waals surface area contributed by atoms with Crippen LogP contribution in [0.25, 0.3) is 0 Å². The van der Waals surface area contributed by atoms with Crippen LogP contribution in [0.1, 0.15) is 49.4 Å². The summed E-state index contributed by atoms with van der Waals surface area (Å²) in [6.45, 7) is 8.53. The van der Waals surface area contributed by atoms with E-state index in [4.69, 9.17) is 0 Å². The van der Waals surface area contributed by atoms with Gasteiger partial charge in [-0.2, -0.15) is 0 Å². The molecule has 4 heteroatoms. The summed E-state index contributed by atoms with van der Waals surface area (Å²) in [4.78, 5) is 16.7. The smallest absolute Gasteiger partial charge is 0.249 e. The van der Waals surface area contributed by atoms with Crippen LogP contribution >= 0.6 is 0 Å². The van der Waals surface area contributed by atoms with Crippen molar-refractivity contribution in [1.82, 2.24) is 0 Å². The van der Waals surface area contributed by atoms with Crippen molar-refractivity contribution in [2.75, 3.05) is 22.2 Å². The number of benzene rings is 2. The number of hydrogen-bond acceptors (Lipinski definition) is 3. The molecular weight excluding hydrogens is 334 g/mol. The summed E-state index contributed by atoms with van der Waals surface area (Å²) in [5, 5.41) is 3.66. The number of carbonyl (C=O) groups is 1. The van der Waals surface area contributed by atoms with Gasteiger partial charge in [-0.15, -0.1) is 0 Å². The average Bonchev–Trinajstić information content (AvgIpc) is 3.44. The summed E-state index contributed by atoms with van der Waals surface area (Å²) in [6.07, 6.45) is 2.36. The molecule has 1 fully saturated rings. The number of aryl methyl sites for hydroxylation is 2. The molecular formula is C23H29N3O. The Kier molecular flexibility index (Phi) is 4.37. The Bertz CT molecular complexity index is 887. The first-order valence-corrected chi connectivity index (χ1v) is 9.90. The van der Waals surface area contributed by atoms with E-state index in [2.05, 4.69) is 67.4 Å². The Labute approximate surface area is 162 Å². The van der Waals surface area contributed by atoms with E-state index < -0.39 is 0 Å². The van der Waals surface area contributed by atoms with Gasteiger partial charge in [0.25, 0.3) is 0 Å². The van der Waals surface area contributed by atoms with E-state index in [1.165, 1.54) is 35.2 Å². The Morgan fingerprint density at radius 1 is 1.07 bits per heavy atom. The highest BCUT2D eigenvalue weighted by atomic mass is 16.2. The van der Waals surface area contributed by atoms with E-state index in [-0.39, 0.29) is 18.0 Å². The summed E-state index contributed by atoms with van der Waals surface area (Å²) in [6, 6.07) is 13.6. The predicted molar refractivity (Wildman–Crippen MR) is 113 cm³/mol. The Balaban J connectivity index is 1.65. The zero-order valence-corrected chi connectivity index (χ0v) is 16.9. The molecule has 2 aromatic carbocycles. The first-order valence-electron chi connectivity index (χ1n) is 9.90. The van der Waals surface area contributed by atoms with Crippen LogP contribution in [0.2, 0.25) is 0 Å². The molecule has 0 spiro atoms. The van der Waals surface area contributed by atoms with Crippen molar-refractivity contribution in [2.45, 2.75) is 58.7 Å². The fraction of sp³-hybridized carbons (Fsp3) is 0.435. The monoisotopic (exact) mass is 363 g/mol. The summed E-state index contributed by atoms with van der Waals surface area (Å²) < 4.78 is 0. The van der Waals surface area contributed by atoms with Crippen molar-refractivity contribution >= 4 is 23.0 Å². The average molecular weight is 364 g/mol. The van der Waals surface area contributed by atoms with Crippen LogP contribution in [-0.2, 0) is 4.79 Å². The maximum atomic E-state index is 12.6. The molecule has 1 aliphatic heterocycles. The molecule has 1 aliphatic carbocycles. The maximum absolute atomic E-state index is 12.6. The third kappa shape index (κ3) is 3.18. The molecule has 0 aromatic heterocycles. The first kappa shape index (κ1) is 17.9. The lowest BCUT2D eigenvalue weighted by atomic mass is 10.00. The SMILES string of the molecule is Cc1ccc([C@H](C)Nc2ccc3c(c2)N(C2CC2)[C@H](C)C(=O)N3C)c(C)c1. The lowest BCUT2D eigenvalue weighted by Gasteiger charge is -2.41. The molecule has 1 saturated carbocycles. The lowest BCUT2D eigenvalue weighted by molar-refractivity contribution is -0.119. The van der Waals surface area contributed by atoms with E-state index in [0.717, 1.165) is 11.4 Å². The van der Waals surface area contributed by atoms with E-state index in [0.29, 0.717) is 6.04 Å². The highest BCUT2D eigenvalue weighted by Gasteiger charge is 2.41. The number of anilines is 3. The van der Waals surface area contributed by atoms with Crippen LogP contribution in [0.4, 0.5) is 17.1 Å². The van der Waals surface area contributed by atoms with Crippen molar-refractivity contribution in [1.29, 1.82) is 0 Å². The highest BCUT2D eigenvalue weighted by molar-refractivity contribution is 6.05. The maximum Gasteiger partial charge on any atom is 0.249 e. The number of hydrogen-bond donors (Lipinski definition) is 1. The first-order chi connectivity index (χ1) is 12.9. The van der Waals surface area contributed by atoms with Crippen molar-refractivity contribution < 1.29 is 4.79 Å². The van der Waals surface area contributed by atoms with Crippen molar-refractivity contribution in [3.8, 4) is 0 Å². The van der Waals surface area contributed by atoms with E-state index in [9.17, 15) is 4.79 Å². The normalized spacial score (nSPS) is 20.5. The third-order valence-corrected chi connectivity index (χ3v) is 5.94. The number of fused-ring (bicyclic) bond motifs is 1. The molecule has 1 N–H and O–H groups in total. The molecule has 0 bridgehead atoms. The molecule has 142 valence electrons. The molecule has 4 rings (SSSR count). The largest absolute Gasteiger partial charge is 0.378 e. The topological polar surface area (TPSA) is 35.6 Å². The molecule has 2 atom stereocenters. The van der Waals surface area contributed by atoms with Gasteiger partial charge in [0.15, 0.2) is 0 Å². The number of likely N-dealkylation sites (N-methyl/N-ethyl adjacent to an activating group) is 1. The summed E-state index contributed by atoms with van der Waals surface area (Å²) in [5.74, 6) is 0.179. The van der Waals surface area contributed by atoms with Crippen LogP contribution in [0.5, 0.6) is 0 Å². The van der Waals surface area contributed by atoms with Crippen LogP contribution in [0.15, 0.2) is 36.4 Å². The lowest BCUT2D eigenvalue weighted by Crippen LogP contribution is -2.51. The fourth-order valence-corrected chi connectivity index (χ4v) is 4.34. The molecule has 1 amide bonds. The minimum atomic E-state index is -0.0954. The second kappa shape index (κ2) is 6.59. The van der Waals surface area contributed by atoms with Crippen LogP contribution in [0.3, 0.4) is 0 Å². The standard InChI is InChI=1S/C23H29N3O/c1-14-6-10-20(15(2)12-14)16(3)24-18-7-11-21-22(13-18)26(19-8-9-19)17(4)23(27)25(21)5/h6-7,10-13,16-17,19,24H,8-9H2,1-5H3/t16-,17+/m0/s1. The van der Waals surface area contributed by atoms with E-state index >= 15 is 0 Å². The van der Waals surface area contributed by atoms with Gasteiger partial charge in [0.05, 0.1) is 11.4 Å². The number of rotatable bonds is 4. The van der Waals surface area contributed by atoms with Gasteiger partial charge in [0, 0.05) is 24.8 Å². The summed E-state index contributed by atoms with van der Waals surface area (Å²) >= 11 is 0. The van der Waals surface area contributed by atoms with Crippen molar-refractivity contribution in [3.05, 3.63) is 53.1 Å². The second-order valence-electron chi connectivity index (χ2n) is 8.14. The quantitative estimate of drug-likeness (QED) is 0.847. The Hall–Kier alpha value is -2.49. The van der Waals surface area contributed by atoms with Crippen LogP contribution < -0.4 is 15.1 Å². The molecule has 0 radical (unpaired) electrons. The van der Waals surface area contributed by atoms with Crippen LogP contribution in [-0.4, -0.2) is 25.0 Å². The minimum Gasteiger partial charge on any atom is -0.378 e.